The Balaban J connectivity index is 2.50. The van der Waals surface area contributed by atoms with E-state index < -0.39 is 10.0 Å². The van der Waals surface area contributed by atoms with Crippen molar-refractivity contribution in [2.24, 2.45) is 0 Å². The van der Waals surface area contributed by atoms with Crippen LogP contribution in [0.2, 0.25) is 0 Å². The molecule has 0 aliphatic carbocycles. The number of nitrogens with zero attached hydrogens (tertiary/aromatic N) is 1. The molecule has 0 bridgehead atoms. The van der Waals surface area contributed by atoms with Gasteiger partial charge in [0.2, 0.25) is 10.0 Å². The summed E-state index contributed by atoms with van der Waals surface area (Å²) in [6, 6.07) is 0. The highest BCUT2D eigenvalue weighted by Crippen LogP contribution is 1.96. The summed E-state index contributed by atoms with van der Waals surface area (Å²) < 4.78 is 24.3. The predicted molar refractivity (Wildman–Crippen MR) is 47.3 cm³/mol. The van der Waals surface area contributed by atoms with Gasteiger partial charge in [-0.3, -0.25) is 4.90 Å². The molecule has 0 saturated carbocycles. The maximum Gasteiger partial charge on any atom is 0.210 e. The van der Waals surface area contributed by atoms with E-state index in [0.29, 0.717) is 6.54 Å². The molecular weight excluding hydrogens is 178 g/mol. The summed E-state index contributed by atoms with van der Waals surface area (Å²) in [5.74, 6) is 0. The average molecular weight is 193 g/mol. The smallest absolute Gasteiger partial charge is 0.210 e. The zero-order valence-electron chi connectivity index (χ0n) is 7.37. The van der Waals surface area contributed by atoms with E-state index in [1.807, 2.05) is 11.9 Å². The number of rotatable bonds is 2. The Morgan fingerprint density at radius 2 is 2.25 bits per heavy atom. The highest BCUT2D eigenvalue weighted by atomic mass is 32.2. The summed E-state index contributed by atoms with van der Waals surface area (Å²) in [7, 11) is -1.18. The van der Waals surface area contributed by atoms with Crippen LogP contribution in [0.25, 0.3) is 0 Å². The van der Waals surface area contributed by atoms with Crippen LogP contribution in [0.15, 0.2) is 0 Å². The van der Waals surface area contributed by atoms with E-state index in [-0.39, 0.29) is 6.17 Å². The maximum absolute atomic E-state index is 10.9. The molecule has 0 aromatic rings. The fourth-order valence-electron chi connectivity index (χ4n) is 1.18. The van der Waals surface area contributed by atoms with Crippen LogP contribution in [0.5, 0.6) is 0 Å². The van der Waals surface area contributed by atoms with Crippen LogP contribution in [0, 0.1) is 0 Å². The number of nitrogens with one attached hydrogen (secondary N) is 2. The second-order valence-electron chi connectivity index (χ2n) is 3.09. The summed E-state index contributed by atoms with van der Waals surface area (Å²) in [4.78, 5) is 1.98. The quantitative estimate of drug-likeness (QED) is 0.554. The summed E-state index contributed by atoms with van der Waals surface area (Å²) in [6.07, 6.45) is 1.07. The Morgan fingerprint density at radius 1 is 1.58 bits per heavy atom. The standard InChI is InChI=1S/C6H15N3O2S/c1-9-4-3-7-5-6(9)8-12(2,10)11/h6-8H,3-5H2,1-2H3. The van der Waals surface area contributed by atoms with Gasteiger partial charge in [0.1, 0.15) is 0 Å². The first kappa shape index (κ1) is 9.91. The molecule has 2 N–H and O–H groups in total. The average Bonchev–Trinajstić information content (AvgIpc) is 1.91. The maximum atomic E-state index is 10.9. The van der Waals surface area contributed by atoms with Crippen molar-refractivity contribution in [1.29, 1.82) is 0 Å². The molecule has 72 valence electrons. The molecule has 1 fully saturated rings. The minimum atomic E-state index is -3.09. The third-order valence-electron chi connectivity index (χ3n) is 1.86. The fourth-order valence-corrected chi connectivity index (χ4v) is 1.94. The van der Waals surface area contributed by atoms with E-state index in [4.69, 9.17) is 0 Å². The van der Waals surface area contributed by atoms with Gasteiger partial charge in [0.05, 0.1) is 12.4 Å². The molecule has 12 heavy (non-hydrogen) atoms. The molecule has 6 heteroatoms. The molecule has 0 amide bonds. The van der Waals surface area contributed by atoms with Gasteiger partial charge in [0.25, 0.3) is 0 Å². The first-order valence-corrected chi connectivity index (χ1v) is 5.76. The van der Waals surface area contributed by atoms with Crippen LogP contribution in [0.1, 0.15) is 0 Å². The van der Waals surface area contributed by atoms with Gasteiger partial charge in [-0.2, -0.15) is 4.72 Å². The van der Waals surface area contributed by atoms with Gasteiger partial charge in [-0.15, -0.1) is 0 Å². The van der Waals surface area contributed by atoms with Crippen LogP contribution >= 0.6 is 0 Å². The molecule has 1 rings (SSSR count). The normalized spacial score (nSPS) is 27.3. The third kappa shape index (κ3) is 3.06. The minimum Gasteiger partial charge on any atom is -0.313 e. The number of hydrogen-bond acceptors (Lipinski definition) is 4. The lowest BCUT2D eigenvalue weighted by Crippen LogP contribution is -2.57. The van der Waals surface area contributed by atoms with Crippen molar-refractivity contribution in [2.75, 3.05) is 32.9 Å². The van der Waals surface area contributed by atoms with Crippen molar-refractivity contribution in [2.45, 2.75) is 6.17 Å². The van der Waals surface area contributed by atoms with E-state index in [1.54, 1.807) is 0 Å². The molecule has 0 spiro atoms. The van der Waals surface area contributed by atoms with Gasteiger partial charge < -0.3 is 5.32 Å². The molecule has 0 aromatic carbocycles. The largest absolute Gasteiger partial charge is 0.313 e. The number of likely N-dealkylation sites (N-methyl/N-ethyl adjacent to an activating group) is 1. The second-order valence-corrected chi connectivity index (χ2v) is 4.87. The Morgan fingerprint density at radius 3 is 2.75 bits per heavy atom. The Hall–Kier alpha value is -0.170. The Labute approximate surface area is 73.2 Å². The van der Waals surface area contributed by atoms with Gasteiger partial charge >= 0.3 is 0 Å². The van der Waals surface area contributed by atoms with Crippen LogP contribution in [0.4, 0.5) is 0 Å². The number of hydrogen-bond donors (Lipinski definition) is 2. The van der Waals surface area contributed by atoms with Crippen molar-refractivity contribution >= 4 is 10.0 Å². The first-order chi connectivity index (χ1) is 5.49. The minimum absolute atomic E-state index is 0.103. The van der Waals surface area contributed by atoms with Crippen LogP contribution in [0.3, 0.4) is 0 Å². The van der Waals surface area contributed by atoms with Gasteiger partial charge in [-0.1, -0.05) is 0 Å². The monoisotopic (exact) mass is 193 g/mol. The van der Waals surface area contributed by atoms with Gasteiger partial charge in [0.15, 0.2) is 0 Å². The van der Waals surface area contributed by atoms with Crippen molar-refractivity contribution in [3.8, 4) is 0 Å². The fraction of sp³-hybridized carbons (Fsp3) is 1.00. The lowest BCUT2D eigenvalue weighted by atomic mass is 10.3. The highest BCUT2D eigenvalue weighted by molar-refractivity contribution is 7.88. The van der Waals surface area contributed by atoms with E-state index in [0.717, 1.165) is 13.1 Å². The lowest BCUT2D eigenvalue weighted by molar-refractivity contribution is 0.190. The van der Waals surface area contributed by atoms with E-state index in [1.165, 1.54) is 6.26 Å². The van der Waals surface area contributed by atoms with Crippen LogP contribution in [-0.4, -0.2) is 52.4 Å². The first-order valence-electron chi connectivity index (χ1n) is 3.87. The summed E-state index contributed by atoms with van der Waals surface area (Å²) >= 11 is 0. The zero-order valence-corrected chi connectivity index (χ0v) is 8.19. The number of piperazine rings is 1. The van der Waals surface area contributed by atoms with Crippen LogP contribution in [-0.2, 0) is 10.0 Å². The summed E-state index contributed by atoms with van der Waals surface area (Å²) in [6.45, 7) is 2.45. The molecule has 1 heterocycles. The second kappa shape index (κ2) is 3.69. The molecule has 1 atom stereocenters. The number of sulfonamides is 1. The van der Waals surface area contributed by atoms with Crippen molar-refractivity contribution in [3.05, 3.63) is 0 Å². The Kier molecular flexibility index (Phi) is 3.05. The lowest BCUT2D eigenvalue weighted by Gasteiger charge is -2.32. The van der Waals surface area contributed by atoms with Gasteiger partial charge in [0, 0.05) is 19.6 Å². The van der Waals surface area contributed by atoms with Crippen molar-refractivity contribution < 1.29 is 8.42 Å². The molecule has 1 aliphatic heterocycles. The molecule has 5 nitrogen and oxygen atoms in total. The van der Waals surface area contributed by atoms with Crippen molar-refractivity contribution in [1.82, 2.24) is 14.9 Å². The Bertz CT molecular complexity index is 239. The van der Waals surface area contributed by atoms with E-state index >= 15 is 0 Å². The SMILES string of the molecule is CN1CCNCC1NS(C)(=O)=O. The molecule has 1 saturated heterocycles. The molecule has 1 unspecified atom stereocenters. The predicted octanol–water partition coefficient (Wildman–Crippen LogP) is -1.60. The van der Waals surface area contributed by atoms with Gasteiger partial charge in [-0.05, 0) is 7.05 Å². The summed E-state index contributed by atoms with van der Waals surface area (Å²) in [5.41, 5.74) is 0. The molecule has 0 aromatic heterocycles. The van der Waals surface area contributed by atoms with Crippen LogP contribution < -0.4 is 10.0 Å². The zero-order chi connectivity index (χ0) is 9.19. The molecular formula is C6H15N3O2S. The third-order valence-corrected chi connectivity index (χ3v) is 2.56. The van der Waals surface area contributed by atoms with E-state index in [9.17, 15) is 8.42 Å². The van der Waals surface area contributed by atoms with Gasteiger partial charge in [-0.25, -0.2) is 8.42 Å². The molecule has 0 radical (unpaired) electrons. The summed E-state index contributed by atoms with van der Waals surface area (Å²) in [5, 5.41) is 3.12. The highest BCUT2D eigenvalue weighted by Gasteiger charge is 2.20. The van der Waals surface area contributed by atoms with Crippen molar-refractivity contribution in [3.63, 3.8) is 0 Å². The van der Waals surface area contributed by atoms with E-state index in [2.05, 4.69) is 10.0 Å². The topological polar surface area (TPSA) is 61.4 Å². The molecule has 1 aliphatic rings.